The van der Waals surface area contributed by atoms with E-state index in [4.69, 9.17) is 5.11 Å². The largest absolute Gasteiger partial charge is 0.481 e. The molecule has 2 unspecified atom stereocenters. The van der Waals surface area contributed by atoms with Crippen LogP contribution >= 0.6 is 0 Å². The first-order valence-corrected chi connectivity index (χ1v) is 8.14. The number of hydrogen-bond acceptors (Lipinski definition) is 3. The van der Waals surface area contributed by atoms with E-state index in [0.717, 1.165) is 44.9 Å². The van der Waals surface area contributed by atoms with Crippen LogP contribution in [0, 0.1) is 17.3 Å². The van der Waals surface area contributed by atoms with E-state index in [2.05, 4.69) is 5.32 Å². The molecule has 2 atom stereocenters. The van der Waals surface area contributed by atoms with Crippen molar-refractivity contribution in [2.45, 2.75) is 57.8 Å². The summed E-state index contributed by atoms with van der Waals surface area (Å²) in [6.45, 7) is 0.816. The molecule has 0 saturated heterocycles. The van der Waals surface area contributed by atoms with Crippen molar-refractivity contribution in [3.05, 3.63) is 0 Å². The number of carbonyl (C=O) groups excluding carboxylic acids is 1. The maximum Gasteiger partial charge on any atom is 0.303 e. The van der Waals surface area contributed by atoms with Crippen molar-refractivity contribution in [1.82, 2.24) is 5.32 Å². The molecular weight excluding hydrogens is 270 g/mol. The summed E-state index contributed by atoms with van der Waals surface area (Å²) in [6.07, 6.45) is 7.38. The number of amides is 1. The summed E-state index contributed by atoms with van der Waals surface area (Å²) >= 11 is 0. The van der Waals surface area contributed by atoms with Gasteiger partial charge in [-0.3, -0.25) is 9.59 Å². The minimum atomic E-state index is -0.805. The molecule has 0 bridgehead atoms. The normalized spacial score (nSPS) is 27.7. The van der Waals surface area contributed by atoms with Crippen LogP contribution in [-0.2, 0) is 9.59 Å². The van der Waals surface area contributed by atoms with Crippen LogP contribution in [0.15, 0.2) is 0 Å². The molecule has 2 aliphatic rings. The van der Waals surface area contributed by atoms with E-state index in [1.807, 2.05) is 0 Å². The van der Waals surface area contributed by atoms with E-state index >= 15 is 0 Å². The molecule has 0 aliphatic heterocycles. The molecule has 2 saturated carbocycles. The van der Waals surface area contributed by atoms with Gasteiger partial charge in [-0.15, -0.1) is 0 Å². The summed E-state index contributed by atoms with van der Waals surface area (Å²) in [5, 5.41) is 21.3. The minimum Gasteiger partial charge on any atom is -0.481 e. The van der Waals surface area contributed by atoms with Gasteiger partial charge in [0, 0.05) is 19.6 Å². The standard InChI is InChI=1S/C16H27NO4/c18-11-13-5-3-4-12(13)10-17-14(19)8-16(9-15(20)21)6-1-2-7-16/h12-13,18H,1-11H2,(H,17,19)(H,20,21). The number of aliphatic hydroxyl groups excluding tert-OH is 1. The number of nitrogens with one attached hydrogen (secondary N) is 1. The Morgan fingerprint density at radius 3 is 2.33 bits per heavy atom. The number of rotatable bonds is 7. The molecule has 0 aromatic rings. The lowest BCUT2D eigenvalue weighted by Gasteiger charge is -2.27. The Morgan fingerprint density at radius 1 is 1.05 bits per heavy atom. The Balaban J connectivity index is 1.81. The molecular formula is C16H27NO4. The number of carboxylic acid groups (broad SMARTS) is 1. The number of carbonyl (C=O) groups is 2. The van der Waals surface area contributed by atoms with Crippen molar-refractivity contribution in [2.24, 2.45) is 17.3 Å². The van der Waals surface area contributed by atoms with Gasteiger partial charge in [0.25, 0.3) is 0 Å². The summed E-state index contributed by atoms with van der Waals surface area (Å²) in [5.74, 6) is -0.148. The summed E-state index contributed by atoms with van der Waals surface area (Å²) in [6, 6.07) is 0. The van der Waals surface area contributed by atoms with Crippen LogP contribution in [0.2, 0.25) is 0 Å². The quantitative estimate of drug-likeness (QED) is 0.670. The van der Waals surface area contributed by atoms with Gasteiger partial charge in [-0.2, -0.15) is 0 Å². The van der Waals surface area contributed by atoms with E-state index in [-0.39, 0.29) is 24.3 Å². The molecule has 2 rings (SSSR count). The first kappa shape index (κ1) is 16.3. The lowest BCUT2D eigenvalue weighted by atomic mass is 9.79. The second kappa shape index (κ2) is 7.25. The van der Waals surface area contributed by atoms with Crippen molar-refractivity contribution in [1.29, 1.82) is 0 Å². The number of aliphatic hydroxyl groups is 1. The molecule has 5 heteroatoms. The van der Waals surface area contributed by atoms with Crippen LogP contribution in [0.1, 0.15) is 57.8 Å². The van der Waals surface area contributed by atoms with Crippen LogP contribution < -0.4 is 5.32 Å². The molecule has 1 amide bonds. The summed E-state index contributed by atoms with van der Waals surface area (Å²) < 4.78 is 0. The fourth-order valence-electron chi connectivity index (χ4n) is 4.13. The smallest absolute Gasteiger partial charge is 0.303 e. The van der Waals surface area contributed by atoms with Gasteiger partial charge in [0.1, 0.15) is 0 Å². The zero-order valence-electron chi connectivity index (χ0n) is 12.6. The third-order valence-corrected chi connectivity index (χ3v) is 5.34. The monoisotopic (exact) mass is 297 g/mol. The van der Waals surface area contributed by atoms with Gasteiger partial charge in [-0.25, -0.2) is 0 Å². The fourth-order valence-corrected chi connectivity index (χ4v) is 4.13. The zero-order chi connectivity index (χ0) is 15.3. The van der Waals surface area contributed by atoms with E-state index in [1.165, 1.54) is 0 Å². The van der Waals surface area contributed by atoms with Crippen LogP contribution in [0.3, 0.4) is 0 Å². The van der Waals surface area contributed by atoms with Gasteiger partial charge in [0.2, 0.25) is 5.91 Å². The minimum absolute atomic E-state index is 0.0262. The molecule has 0 aromatic carbocycles. The Labute approximate surface area is 126 Å². The highest BCUT2D eigenvalue weighted by Gasteiger charge is 2.38. The van der Waals surface area contributed by atoms with E-state index < -0.39 is 5.97 Å². The topological polar surface area (TPSA) is 86.6 Å². The first-order chi connectivity index (χ1) is 10.0. The van der Waals surface area contributed by atoms with Crippen LogP contribution in [0.25, 0.3) is 0 Å². The molecule has 0 aromatic heterocycles. The highest BCUT2D eigenvalue weighted by atomic mass is 16.4. The molecule has 120 valence electrons. The SMILES string of the molecule is O=C(O)CC1(CC(=O)NCC2CCCC2CO)CCCC1. The molecule has 0 heterocycles. The second-order valence-electron chi connectivity index (χ2n) is 6.89. The molecule has 0 spiro atoms. The van der Waals surface area contributed by atoms with Crippen LogP contribution in [0.4, 0.5) is 0 Å². The number of hydrogen-bond donors (Lipinski definition) is 3. The molecule has 2 fully saturated rings. The average molecular weight is 297 g/mol. The predicted octanol–water partition coefficient (Wildman–Crippen LogP) is 1.94. The average Bonchev–Trinajstić information content (AvgIpc) is 3.04. The number of carboxylic acids is 1. The molecule has 5 nitrogen and oxygen atoms in total. The Kier molecular flexibility index (Phi) is 5.62. The lowest BCUT2D eigenvalue weighted by Crippen LogP contribution is -2.35. The number of aliphatic carboxylic acids is 1. The van der Waals surface area contributed by atoms with Gasteiger partial charge < -0.3 is 15.5 Å². The van der Waals surface area contributed by atoms with Crippen LogP contribution in [-0.4, -0.2) is 35.2 Å². The van der Waals surface area contributed by atoms with Crippen molar-refractivity contribution in [2.75, 3.05) is 13.2 Å². The van der Waals surface area contributed by atoms with Gasteiger partial charge in [-0.1, -0.05) is 19.3 Å². The van der Waals surface area contributed by atoms with Crippen molar-refractivity contribution in [3.8, 4) is 0 Å². The van der Waals surface area contributed by atoms with Crippen molar-refractivity contribution >= 4 is 11.9 Å². The van der Waals surface area contributed by atoms with E-state index in [0.29, 0.717) is 24.8 Å². The van der Waals surface area contributed by atoms with Crippen molar-refractivity contribution in [3.63, 3.8) is 0 Å². The highest BCUT2D eigenvalue weighted by Crippen LogP contribution is 2.44. The third-order valence-electron chi connectivity index (χ3n) is 5.34. The third kappa shape index (κ3) is 4.43. The lowest BCUT2D eigenvalue weighted by molar-refractivity contribution is -0.140. The molecule has 2 aliphatic carbocycles. The second-order valence-corrected chi connectivity index (χ2v) is 6.89. The van der Waals surface area contributed by atoms with Crippen LogP contribution in [0.5, 0.6) is 0 Å². The van der Waals surface area contributed by atoms with Crippen molar-refractivity contribution < 1.29 is 19.8 Å². The maximum absolute atomic E-state index is 12.2. The fraction of sp³-hybridized carbons (Fsp3) is 0.875. The zero-order valence-corrected chi connectivity index (χ0v) is 12.6. The summed E-state index contributed by atoms with van der Waals surface area (Å²) in [4.78, 5) is 23.2. The summed E-state index contributed by atoms with van der Waals surface area (Å²) in [7, 11) is 0. The maximum atomic E-state index is 12.2. The molecule has 3 N–H and O–H groups in total. The highest BCUT2D eigenvalue weighted by molar-refractivity contribution is 5.78. The van der Waals surface area contributed by atoms with Gasteiger partial charge in [0.05, 0.1) is 6.42 Å². The Hall–Kier alpha value is -1.10. The molecule has 0 radical (unpaired) electrons. The first-order valence-electron chi connectivity index (χ1n) is 8.14. The van der Waals surface area contributed by atoms with Gasteiger partial charge in [-0.05, 0) is 42.9 Å². The predicted molar refractivity (Wildman–Crippen MR) is 78.7 cm³/mol. The molecule has 21 heavy (non-hydrogen) atoms. The summed E-state index contributed by atoms with van der Waals surface area (Å²) in [5.41, 5.74) is -0.331. The van der Waals surface area contributed by atoms with Gasteiger partial charge in [0.15, 0.2) is 0 Å². The van der Waals surface area contributed by atoms with E-state index in [9.17, 15) is 14.7 Å². The van der Waals surface area contributed by atoms with Gasteiger partial charge >= 0.3 is 5.97 Å². The Bertz CT molecular complexity index is 376. The van der Waals surface area contributed by atoms with E-state index in [1.54, 1.807) is 0 Å². The Morgan fingerprint density at radius 2 is 1.71 bits per heavy atom.